The van der Waals surface area contributed by atoms with Gasteiger partial charge in [-0.25, -0.2) is 4.39 Å². The van der Waals surface area contributed by atoms with Crippen LogP contribution in [0.5, 0.6) is 0 Å². The summed E-state index contributed by atoms with van der Waals surface area (Å²) in [4.78, 5) is 0.836. The molecule has 0 saturated heterocycles. The zero-order valence-electron chi connectivity index (χ0n) is 9.29. The molecule has 2 aromatic rings. The highest BCUT2D eigenvalue weighted by Crippen LogP contribution is 2.33. The second kappa shape index (κ2) is 5.95. The SMILES string of the molecule is Nc1cc(F)c(Br)cc1SCc1ccccc1Cl. The number of nitrogens with two attached hydrogens (primary N) is 1. The van der Waals surface area contributed by atoms with Gasteiger partial charge in [0.2, 0.25) is 0 Å². The van der Waals surface area contributed by atoms with E-state index in [1.54, 1.807) is 6.07 Å². The van der Waals surface area contributed by atoms with E-state index in [1.165, 1.54) is 17.8 Å². The molecule has 0 unspecified atom stereocenters. The summed E-state index contributed by atoms with van der Waals surface area (Å²) >= 11 is 10.8. The fraction of sp³-hybridized carbons (Fsp3) is 0.0769. The Hall–Kier alpha value is -0.710. The maximum Gasteiger partial charge on any atom is 0.139 e. The van der Waals surface area contributed by atoms with Crippen LogP contribution < -0.4 is 5.73 Å². The van der Waals surface area contributed by atoms with Gasteiger partial charge in [-0.05, 0) is 39.7 Å². The van der Waals surface area contributed by atoms with Gasteiger partial charge in [0.1, 0.15) is 5.82 Å². The number of thioether (sulfide) groups is 1. The van der Waals surface area contributed by atoms with Gasteiger partial charge in [0, 0.05) is 21.4 Å². The van der Waals surface area contributed by atoms with Crippen molar-refractivity contribution in [2.75, 3.05) is 5.73 Å². The Labute approximate surface area is 123 Å². The minimum Gasteiger partial charge on any atom is -0.398 e. The van der Waals surface area contributed by atoms with Gasteiger partial charge < -0.3 is 5.73 Å². The van der Waals surface area contributed by atoms with Gasteiger partial charge in [0.15, 0.2) is 0 Å². The van der Waals surface area contributed by atoms with Gasteiger partial charge in [-0.1, -0.05) is 29.8 Å². The summed E-state index contributed by atoms with van der Waals surface area (Å²) in [7, 11) is 0. The Kier molecular flexibility index (Phi) is 4.54. The topological polar surface area (TPSA) is 26.0 Å². The molecule has 0 spiro atoms. The van der Waals surface area contributed by atoms with E-state index < -0.39 is 0 Å². The van der Waals surface area contributed by atoms with E-state index in [4.69, 9.17) is 17.3 Å². The Morgan fingerprint density at radius 3 is 2.72 bits per heavy atom. The molecule has 5 heteroatoms. The highest BCUT2D eigenvalue weighted by atomic mass is 79.9. The van der Waals surface area contributed by atoms with Crippen molar-refractivity contribution in [2.45, 2.75) is 10.6 Å². The second-order valence-corrected chi connectivity index (χ2v) is 5.96. The average Bonchev–Trinajstić information content (AvgIpc) is 2.34. The van der Waals surface area contributed by atoms with E-state index in [0.29, 0.717) is 15.9 Å². The largest absolute Gasteiger partial charge is 0.398 e. The van der Waals surface area contributed by atoms with Crippen molar-refractivity contribution >= 4 is 45.0 Å². The van der Waals surface area contributed by atoms with E-state index in [1.807, 2.05) is 24.3 Å². The molecular weight excluding hydrogens is 337 g/mol. The normalized spacial score (nSPS) is 10.6. The monoisotopic (exact) mass is 345 g/mol. The van der Waals surface area contributed by atoms with Gasteiger partial charge in [-0.2, -0.15) is 0 Å². The highest BCUT2D eigenvalue weighted by molar-refractivity contribution is 9.10. The van der Waals surface area contributed by atoms with Gasteiger partial charge >= 0.3 is 0 Å². The summed E-state index contributed by atoms with van der Waals surface area (Å²) < 4.78 is 13.6. The van der Waals surface area contributed by atoms with Crippen molar-refractivity contribution in [1.29, 1.82) is 0 Å². The first-order chi connectivity index (χ1) is 8.58. The van der Waals surface area contributed by atoms with E-state index >= 15 is 0 Å². The minimum absolute atomic E-state index is 0.352. The summed E-state index contributed by atoms with van der Waals surface area (Å²) in [5, 5.41) is 0.727. The number of hydrogen-bond acceptors (Lipinski definition) is 2. The lowest BCUT2D eigenvalue weighted by Crippen LogP contribution is -1.92. The van der Waals surface area contributed by atoms with Crippen molar-refractivity contribution in [2.24, 2.45) is 0 Å². The van der Waals surface area contributed by atoms with E-state index in [9.17, 15) is 4.39 Å². The Morgan fingerprint density at radius 1 is 1.28 bits per heavy atom. The first-order valence-corrected chi connectivity index (χ1v) is 7.34. The molecule has 2 N–H and O–H groups in total. The van der Waals surface area contributed by atoms with Crippen LogP contribution in [0.15, 0.2) is 45.8 Å². The third-order valence-electron chi connectivity index (χ3n) is 2.39. The van der Waals surface area contributed by atoms with Gasteiger partial charge in [0.25, 0.3) is 0 Å². The third kappa shape index (κ3) is 3.19. The molecule has 2 rings (SSSR count). The zero-order valence-corrected chi connectivity index (χ0v) is 12.4. The van der Waals surface area contributed by atoms with E-state index in [0.717, 1.165) is 15.5 Å². The van der Waals surface area contributed by atoms with Crippen LogP contribution in [0.1, 0.15) is 5.56 Å². The fourth-order valence-corrected chi connectivity index (χ4v) is 3.21. The van der Waals surface area contributed by atoms with Crippen LogP contribution in [0.25, 0.3) is 0 Å². The van der Waals surface area contributed by atoms with Crippen molar-refractivity contribution < 1.29 is 4.39 Å². The number of halogens is 3. The van der Waals surface area contributed by atoms with Crippen LogP contribution in [0.3, 0.4) is 0 Å². The van der Waals surface area contributed by atoms with E-state index in [2.05, 4.69) is 15.9 Å². The van der Waals surface area contributed by atoms with Crippen molar-refractivity contribution in [1.82, 2.24) is 0 Å². The molecule has 0 heterocycles. The summed E-state index contributed by atoms with van der Waals surface area (Å²) in [5.74, 6) is 0.344. The van der Waals surface area contributed by atoms with Crippen molar-refractivity contribution in [3.05, 3.63) is 57.3 Å². The smallest absolute Gasteiger partial charge is 0.139 e. The summed E-state index contributed by atoms with van der Waals surface area (Å²) in [6.45, 7) is 0. The quantitative estimate of drug-likeness (QED) is 0.617. The van der Waals surface area contributed by atoms with Crippen LogP contribution in [-0.2, 0) is 5.75 Å². The van der Waals surface area contributed by atoms with Crippen LogP contribution in [0, 0.1) is 5.82 Å². The molecule has 94 valence electrons. The molecule has 0 atom stereocenters. The molecule has 0 aliphatic rings. The number of rotatable bonds is 3. The predicted octanol–water partition coefficient (Wildman–Crippen LogP) is 5.12. The summed E-state index contributed by atoms with van der Waals surface area (Å²) in [6, 6.07) is 10.6. The Balaban J connectivity index is 2.16. The molecular formula is C13H10BrClFNS. The van der Waals surface area contributed by atoms with Crippen LogP contribution in [-0.4, -0.2) is 0 Å². The summed E-state index contributed by atoms with van der Waals surface area (Å²) in [6.07, 6.45) is 0. The van der Waals surface area contributed by atoms with Gasteiger partial charge in [-0.3, -0.25) is 0 Å². The van der Waals surface area contributed by atoms with E-state index in [-0.39, 0.29) is 5.82 Å². The maximum atomic E-state index is 13.2. The zero-order chi connectivity index (χ0) is 13.1. The first-order valence-electron chi connectivity index (χ1n) is 5.18. The molecule has 0 aromatic heterocycles. The minimum atomic E-state index is -0.352. The van der Waals surface area contributed by atoms with Crippen molar-refractivity contribution in [3.8, 4) is 0 Å². The highest BCUT2D eigenvalue weighted by Gasteiger charge is 2.07. The lowest BCUT2D eigenvalue weighted by atomic mass is 10.2. The molecule has 0 bridgehead atoms. The maximum absolute atomic E-state index is 13.2. The molecule has 0 aliphatic heterocycles. The fourth-order valence-electron chi connectivity index (χ4n) is 1.44. The number of anilines is 1. The molecule has 0 amide bonds. The predicted molar refractivity (Wildman–Crippen MR) is 79.5 cm³/mol. The number of hydrogen-bond donors (Lipinski definition) is 1. The Bertz CT molecular complexity index is 577. The standard InChI is InChI=1S/C13H10BrClFNS/c14-9-5-13(12(17)6-11(9)16)18-7-8-3-1-2-4-10(8)15/h1-6H,7,17H2. The third-order valence-corrected chi connectivity index (χ3v) is 4.49. The van der Waals surface area contributed by atoms with Crippen LogP contribution in [0.4, 0.5) is 10.1 Å². The molecule has 2 aromatic carbocycles. The molecule has 0 saturated carbocycles. The van der Waals surface area contributed by atoms with Gasteiger partial charge in [-0.15, -0.1) is 11.8 Å². The summed E-state index contributed by atoms with van der Waals surface area (Å²) in [5.41, 5.74) is 7.25. The van der Waals surface area contributed by atoms with Crippen LogP contribution in [0.2, 0.25) is 5.02 Å². The second-order valence-electron chi connectivity index (χ2n) is 3.68. The molecule has 18 heavy (non-hydrogen) atoms. The number of nitrogen functional groups attached to an aromatic ring is 1. The van der Waals surface area contributed by atoms with Crippen LogP contribution >= 0.6 is 39.3 Å². The average molecular weight is 347 g/mol. The number of benzene rings is 2. The molecule has 0 aliphatic carbocycles. The lowest BCUT2D eigenvalue weighted by molar-refractivity contribution is 0.620. The Morgan fingerprint density at radius 2 is 2.00 bits per heavy atom. The molecule has 0 fully saturated rings. The molecule has 1 nitrogen and oxygen atoms in total. The molecule has 0 radical (unpaired) electrons. The lowest BCUT2D eigenvalue weighted by Gasteiger charge is -2.08. The first kappa shape index (κ1) is 13.7. The van der Waals surface area contributed by atoms with Gasteiger partial charge in [0.05, 0.1) is 4.47 Å². The van der Waals surface area contributed by atoms with Crippen molar-refractivity contribution in [3.63, 3.8) is 0 Å².